The standard InChI is InChI=1S/C16H19NO2/c1-3-4-12-5-7-13(8-6-12)14-9-10-16(17,11-14)15(18)19-2/h5-8,14H,9-11,17H2,1-2H3/t14-,16-/m1/s1. The predicted molar refractivity (Wildman–Crippen MR) is 74.5 cm³/mol. The summed E-state index contributed by atoms with van der Waals surface area (Å²) in [5.41, 5.74) is 7.53. The van der Waals surface area contributed by atoms with Crippen LogP contribution in [0.5, 0.6) is 0 Å². The van der Waals surface area contributed by atoms with Crippen LogP contribution in [-0.4, -0.2) is 18.6 Å². The first-order valence-electron chi connectivity index (χ1n) is 6.49. The number of esters is 1. The third-order valence-electron chi connectivity index (χ3n) is 3.79. The van der Waals surface area contributed by atoms with Crippen molar-refractivity contribution in [2.45, 2.75) is 37.6 Å². The maximum atomic E-state index is 11.7. The van der Waals surface area contributed by atoms with Crippen LogP contribution >= 0.6 is 0 Å². The number of benzene rings is 1. The molecular formula is C16H19NO2. The third kappa shape index (κ3) is 2.80. The SMILES string of the molecule is CC#Cc1ccc([C@@H]2CC[C@](N)(C(=O)OC)C2)cc1. The first-order valence-corrected chi connectivity index (χ1v) is 6.49. The molecule has 1 aliphatic rings. The van der Waals surface area contributed by atoms with Gasteiger partial charge in [-0.1, -0.05) is 18.1 Å². The van der Waals surface area contributed by atoms with E-state index in [4.69, 9.17) is 10.5 Å². The number of hydrogen-bond acceptors (Lipinski definition) is 3. The van der Waals surface area contributed by atoms with Gasteiger partial charge in [0.1, 0.15) is 5.54 Å². The first kappa shape index (κ1) is 13.6. The molecule has 1 aliphatic carbocycles. The van der Waals surface area contributed by atoms with E-state index >= 15 is 0 Å². The second-order valence-corrected chi connectivity index (χ2v) is 5.08. The van der Waals surface area contributed by atoms with E-state index in [9.17, 15) is 4.79 Å². The van der Waals surface area contributed by atoms with Crippen molar-refractivity contribution < 1.29 is 9.53 Å². The average Bonchev–Trinajstić information content (AvgIpc) is 2.83. The van der Waals surface area contributed by atoms with Crippen molar-refractivity contribution in [2.75, 3.05) is 7.11 Å². The Labute approximate surface area is 114 Å². The quantitative estimate of drug-likeness (QED) is 0.652. The molecule has 2 atom stereocenters. The second-order valence-electron chi connectivity index (χ2n) is 5.08. The Morgan fingerprint density at radius 2 is 2.11 bits per heavy atom. The van der Waals surface area contributed by atoms with Crippen molar-refractivity contribution >= 4 is 5.97 Å². The average molecular weight is 257 g/mol. The normalized spacial score (nSPS) is 25.5. The molecule has 1 aromatic rings. The largest absolute Gasteiger partial charge is 0.468 e. The lowest BCUT2D eigenvalue weighted by Gasteiger charge is -2.20. The summed E-state index contributed by atoms with van der Waals surface area (Å²) in [6.07, 6.45) is 2.25. The highest BCUT2D eigenvalue weighted by Crippen LogP contribution is 2.40. The number of ether oxygens (including phenoxy) is 1. The Kier molecular flexibility index (Phi) is 3.92. The molecule has 3 nitrogen and oxygen atoms in total. The molecule has 2 N–H and O–H groups in total. The highest BCUT2D eigenvalue weighted by Gasteiger charge is 2.43. The molecule has 0 aliphatic heterocycles. The van der Waals surface area contributed by atoms with Gasteiger partial charge in [-0.05, 0) is 49.8 Å². The van der Waals surface area contributed by atoms with Crippen LogP contribution in [0.4, 0.5) is 0 Å². The number of methoxy groups -OCH3 is 1. The van der Waals surface area contributed by atoms with Gasteiger partial charge in [-0.15, -0.1) is 5.92 Å². The highest BCUT2D eigenvalue weighted by molar-refractivity contribution is 5.81. The molecule has 3 heteroatoms. The van der Waals surface area contributed by atoms with Gasteiger partial charge in [0.25, 0.3) is 0 Å². The minimum atomic E-state index is -0.818. The smallest absolute Gasteiger partial charge is 0.325 e. The van der Waals surface area contributed by atoms with Gasteiger partial charge in [0.2, 0.25) is 0 Å². The Hall–Kier alpha value is -1.79. The molecule has 0 saturated heterocycles. The van der Waals surface area contributed by atoms with E-state index in [0.717, 1.165) is 12.0 Å². The van der Waals surface area contributed by atoms with E-state index in [1.807, 2.05) is 19.1 Å². The maximum Gasteiger partial charge on any atom is 0.325 e. The lowest BCUT2D eigenvalue weighted by molar-refractivity contribution is -0.146. The summed E-state index contributed by atoms with van der Waals surface area (Å²) in [4.78, 5) is 11.7. The fourth-order valence-corrected chi connectivity index (χ4v) is 2.73. The van der Waals surface area contributed by atoms with Crippen LogP contribution in [0.2, 0.25) is 0 Å². The van der Waals surface area contributed by atoms with Crippen LogP contribution in [0, 0.1) is 11.8 Å². The summed E-state index contributed by atoms with van der Waals surface area (Å²) < 4.78 is 4.79. The number of hydrogen-bond donors (Lipinski definition) is 1. The molecule has 0 amide bonds. The summed E-state index contributed by atoms with van der Waals surface area (Å²) >= 11 is 0. The molecule has 0 spiro atoms. The molecule has 0 bridgehead atoms. The molecule has 100 valence electrons. The van der Waals surface area contributed by atoms with Gasteiger partial charge >= 0.3 is 5.97 Å². The topological polar surface area (TPSA) is 52.3 Å². The Morgan fingerprint density at radius 3 is 2.68 bits per heavy atom. The molecule has 1 aromatic carbocycles. The first-order chi connectivity index (χ1) is 9.09. The zero-order chi connectivity index (χ0) is 13.9. The Bertz CT molecular complexity index is 524. The monoisotopic (exact) mass is 257 g/mol. The van der Waals surface area contributed by atoms with E-state index < -0.39 is 5.54 Å². The minimum Gasteiger partial charge on any atom is -0.468 e. The summed E-state index contributed by atoms with van der Waals surface area (Å²) in [5.74, 6) is 5.92. The maximum absolute atomic E-state index is 11.7. The van der Waals surface area contributed by atoms with Crippen molar-refractivity contribution in [3.63, 3.8) is 0 Å². The molecule has 2 rings (SSSR count). The zero-order valence-electron chi connectivity index (χ0n) is 11.4. The number of nitrogens with two attached hydrogens (primary N) is 1. The zero-order valence-corrected chi connectivity index (χ0v) is 11.4. The molecule has 1 fully saturated rings. The number of carbonyl (C=O) groups is 1. The minimum absolute atomic E-state index is 0.302. The second kappa shape index (κ2) is 5.46. The van der Waals surface area contributed by atoms with Gasteiger partial charge in [-0.2, -0.15) is 0 Å². The van der Waals surface area contributed by atoms with Gasteiger partial charge < -0.3 is 10.5 Å². The van der Waals surface area contributed by atoms with Gasteiger partial charge in [0.15, 0.2) is 0 Å². The Morgan fingerprint density at radius 1 is 1.42 bits per heavy atom. The lowest BCUT2D eigenvalue weighted by Crippen LogP contribution is -2.46. The molecule has 0 aromatic heterocycles. The number of carbonyl (C=O) groups excluding carboxylic acids is 1. The third-order valence-corrected chi connectivity index (χ3v) is 3.79. The summed E-state index contributed by atoms with van der Waals surface area (Å²) in [7, 11) is 1.39. The van der Waals surface area contributed by atoms with Gasteiger partial charge in [-0.25, -0.2) is 0 Å². The molecule has 0 heterocycles. The Balaban J connectivity index is 2.12. The summed E-state index contributed by atoms with van der Waals surface area (Å²) in [6.45, 7) is 1.82. The van der Waals surface area contributed by atoms with Crippen LogP contribution in [0.25, 0.3) is 0 Å². The van der Waals surface area contributed by atoms with Crippen molar-refractivity contribution in [3.8, 4) is 11.8 Å². The van der Waals surface area contributed by atoms with E-state index in [0.29, 0.717) is 18.8 Å². The lowest BCUT2D eigenvalue weighted by atomic mass is 9.93. The van der Waals surface area contributed by atoms with Crippen molar-refractivity contribution in [1.29, 1.82) is 0 Å². The fraction of sp³-hybridized carbons (Fsp3) is 0.438. The van der Waals surface area contributed by atoms with E-state index in [1.54, 1.807) is 0 Å². The van der Waals surface area contributed by atoms with E-state index in [-0.39, 0.29) is 5.97 Å². The van der Waals surface area contributed by atoms with Crippen LogP contribution in [-0.2, 0) is 9.53 Å². The molecule has 19 heavy (non-hydrogen) atoms. The summed E-state index contributed by atoms with van der Waals surface area (Å²) in [5, 5.41) is 0. The number of rotatable bonds is 2. The van der Waals surface area contributed by atoms with E-state index in [2.05, 4.69) is 24.0 Å². The van der Waals surface area contributed by atoms with Crippen molar-refractivity contribution in [1.82, 2.24) is 0 Å². The summed E-state index contributed by atoms with van der Waals surface area (Å²) in [6, 6.07) is 8.18. The van der Waals surface area contributed by atoms with Gasteiger partial charge in [0, 0.05) is 5.56 Å². The van der Waals surface area contributed by atoms with Crippen LogP contribution < -0.4 is 5.73 Å². The van der Waals surface area contributed by atoms with Gasteiger partial charge in [-0.3, -0.25) is 4.79 Å². The fourth-order valence-electron chi connectivity index (χ4n) is 2.73. The van der Waals surface area contributed by atoms with Crippen LogP contribution in [0.3, 0.4) is 0 Å². The molecule has 0 unspecified atom stereocenters. The van der Waals surface area contributed by atoms with Crippen LogP contribution in [0.1, 0.15) is 43.2 Å². The van der Waals surface area contributed by atoms with Crippen molar-refractivity contribution in [2.24, 2.45) is 5.73 Å². The van der Waals surface area contributed by atoms with Crippen molar-refractivity contribution in [3.05, 3.63) is 35.4 Å². The molecule has 0 radical (unpaired) electrons. The van der Waals surface area contributed by atoms with Gasteiger partial charge in [0.05, 0.1) is 7.11 Å². The predicted octanol–water partition coefficient (Wildman–Crippen LogP) is 2.20. The highest BCUT2D eigenvalue weighted by atomic mass is 16.5. The molecule has 1 saturated carbocycles. The van der Waals surface area contributed by atoms with E-state index in [1.165, 1.54) is 12.7 Å². The molecular weight excluding hydrogens is 238 g/mol. The van der Waals surface area contributed by atoms with Crippen LogP contribution in [0.15, 0.2) is 24.3 Å².